The number of aliphatic imine (C=N–C) groups is 1. The first-order valence-corrected chi connectivity index (χ1v) is 5.52. The smallest absolute Gasteiger partial charge is 0.349 e. The molecule has 6 heteroatoms. The van der Waals surface area contributed by atoms with Crippen LogP contribution in [0.25, 0.3) is 0 Å². The minimum absolute atomic E-state index is 0.0846. The van der Waals surface area contributed by atoms with Crippen LogP contribution in [0.15, 0.2) is 17.8 Å². The van der Waals surface area contributed by atoms with Gasteiger partial charge in [0.15, 0.2) is 6.23 Å². The van der Waals surface area contributed by atoms with E-state index in [0.717, 1.165) is 0 Å². The first kappa shape index (κ1) is 13.8. The van der Waals surface area contributed by atoms with Gasteiger partial charge in [-0.2, -0.15) is 0 Å². The van der Waals surface area contributed by atoms with Gasteiger partial charge in [0.25, 0.3) is 0 Å². The predicted octanol–water partition coefficient (Wildman–Crippen LogP) is 0.339. The molecule has 1 saturated heterocycles. The molecule has 0 spiro atoms. The number of amides is 2. The van der Waals surface area contributed by atoms with E-state index in [0.29, 0.717) is 18.8 Å². The van der Waals surface area contributed by atoms with E-state index in [1.54, 1.807) is 13.8 Å². The lowest BCUT2D eigenvalue weighted by atomic mass is 10.3. The predicted molar refractivity (Wildman–Crippen MR) is 64.8 cm³/mol. The number of morpholine rings is 1. The summed E-state index contributed by atoms with van der Waals surface area (Å²) in [5.41, 5.74) is 0.671. The van der Waals surface area contributed by atoms with Crippen LogP contribution in [0.5, 0.6) is 0 Å². The van der Waals surface area contributed by atoms with Gasteiger partial charge in [0.1, 0.15) is 0 Å². The van der Waals surface area contributed by atoms with Crippen molar-refractivity contribution in [3.05, 3.63) is 12.8 Å². The maximum Gasteiger partial charge on any atom is 0.349 e. The number of carbonyl (C=O) groups excluding carboxylic acids is 1. The van der Waals surface area contributed by atoms with Crippen molar-refractivity contribution < 1.29 is 14.6 Å². The molecule has 0 saturated carbocycles. The molecule has 1 aliphatic rings. The zero-order valence-corrected chi connectivity index (χ0v) is 10.2. The Morgan fingerprint density at radius 3 is 2.88 bits per heavy atom. The van der Waals surface area contributed by atoms with E-state index in [-0.39, 0.29) is 12.7 Å². The topological polar surface area (TPSA) is 74.2 Å². The monoisotopic (exact) mass is 241 g/mol. The van der Waals surface area contributed by atoms with E-state index < -0.39 is 12.3 Å². The molecule has 1 rings (SSSR count). The molecule has 0 aromatic rings. The van der Waals surface area contributed by atoms with Gasteiger partial charge in [-0.1, -0.05) is 6.58 Å². The second-order valence-corrected chi connectivity index (χ2v) is 3.98. The highest BCUT2D eigenvalue weighted by atomic mass is 16.5. The third-order valence-electron chi connectivity index (χ3n) is 2.29. The molecule has 1 aliphatic heterocycles. The lowest BCUT2D eigenvalue weighted by molar-refractivity contribution is -0.102. The molecule has 2 amide bonds. The molecular formula is C11H19N3O3. The van der Waals surface area contributed by atoms with Crippen LogP contribution in [0, 0.1) is 0 Å². The number of nitrogens with one attached hydrogen (secondary N) is 1. The van der Waals surface area contributed by atoms with Crippen molar-refractivity contribution in [2.24, 2.45) is 4.99 Å². The summed E-state index contributed by atoms with van der Waals surface area (Å²) >= 11 is 0. The van der Waals surface area contributed by atoms with Crippen LogP contribution in [-0.4, -0.2) is 53.8 Å². The van der Waals surface area contributed by atoms with Gasteiger partial charge in [-0.15, -0.1) is 0 Å². The second-order valence-electron chi connectivity index (χ2n) is 3.98. The van der Waals surface area contributed by atoms with Gasteiger partial charge in [0.05, 0.1) is 12.7 Å². The van der Waals surface area contributed by atoms with Gasteiger partial charge in [-0.3, -0.25) is 4.90 Å². The van der Waals surface area contributed by atoms with E-state index in [2.05, 4.69) is 16.9 Å². The third kappa shape index (κ3) is 3.92. The largest absolute Gasteiger partial charge is 0.394 e. The quantitative estimate of drug-likeness (QED) is 0.699. The SMILES string of the molecule is C=CN(C(=O)N=C(C)C)C1CNCC(CO)O1. The normalized spacial score (nSPS) is 23.9. The van der Waals surface area contributed by atoms with Crippen molar-refractivity contribution in [3.63, 3.8) is 0 Å². The van der Waals surface area contributed by atoms with Crippen molar-refractivity contribution in [2.45, 2.75) is 26.2 Å². The fourth-order valence-corrected chi connectivity index (χ4v) is 1.53. The van der Waals surface area contributed by atoms with Gasteiger partial charge in [0, 0.05) is 25.0 Å². The van der Waals surface area contributed by atoms with E-state index in [1.165, 1.54) is 11.1 Å². The molecule has 0 aliphatic carbocycles. The third-order valence-corrected chi connectivity index (χ3v) is 2.29. The number of hydrogen-bond donors (Lipinski definition) is 2. The molecule has 17 heavy (non-hydrogen) atoms. The average Bonchev–Trinajstić information content (AvgIpc) is 2.29. The van der Waals surface area contributed by atoms with Gasteiger partial charge >= 0.3 is 6.03 Å². The van der Waals surface area contributed by atoms with E-state index >= 15 is 0 Å². The van der Waals surface area contributed by atoms with Crippen LogP contribution < -0.4 is 5.32 Å². The fraction of sp³-hybridized carbons (Fsp3) is 0.636. The fourth-order valence-electron chi connectivity index (χ4n) is 1.53. The van der Waals surface area contributed by atoms with Crippen LogP contribution in [0.1, 0.15) is 13.8 Å². The molecule has 2 atom stereocenters. The van der Waals surface area contributed by atoms with Crippen molar-refractivity contribution >= 4 is 11.7 Å². The highest BCUT2D eigenvalue weighted by Gasteiger charge is 2.28. The Bertz CT molecular complexity index is 313. The van der Waals surface area contributed by atoms with Gasteiger partial charge in [0.2, 0.25) is 0 Å². The highest BCUT2D eigenvalue weighted by molar-refractivity contribution is 5.92. The molecule has 6 nitrogen and oxygen atoms in total. The Hall–Kier alpha value is -1.24. The Morgan fingerprint density at radius 1 is 1.65 bits per heavy atom. The summed E-state index contributed by atoms with van der Waals surface area (Å²) in [4.78, 5) is 16.9. The van der Waals surface area contributed by atoms with Crippen LogP contribution in [-0.2, 0) is 4.74 Å². The molecule has 96 valence electrons. The van der Waals surface area contributed by atoms with Gasteiger partial charge in [-0.25, -0.2) is 9.79 Å². The molecule has 0 radical (unpaired) electrons. The Labute approximate surface area is 101 Å². The number of aliphatic hydroxyl groups is 1. The number of hydrogen-bond acceptors (Lipinski definition) is 4. The summed E-state index contributed by atoms with van der Waals surface area (Å²) in [5, 5.41) is 12.1. The summed E-state index contributed by atoms with van der Waals surface area (Å²) in [6.07, 6.45) is 0.602. The van der Waals surface area contributed by atoms with Crippen LogP contribution >= 0.6 is 0 Å². The summed E-state index contributed by atoms with van der Waals surface area (Å²) in [6, 6.07) is -0.412. The Morgan fingerprint density at radius 2 is 2.35 bits per heavy atom. The number of urea groups is 1. The first-order chi connectivity index (χ1) is 8.08. The van der Waals surface area contributed by atoms with Crippen LogP contribution in [0.2, 0.25) is 0 Å². The number of aliphatic hydroxyl groups excluding tert-OH is 1. The number of nitrogens with zero attached hydrogens (tertiary/aromatic N) is 2. The lowest BCUT2D eigenvalue weighted by Crippen LogP contribution is -2.53. The second kappa shape index (κ2) is 6.48. The summed E-state index contributed by atoms with van der Waals surface area (Å²) < 4.78 is 5.54. The molecule has 1 fully saturated rings. The Kier molecular flexibility index (Phi) is 5.27. The molecule has 0 bridgehead atoms. The van der Waals surface area contributed by atoms with Crippen molar-refractivity contribution in [1.82, 2.24) is 10.2 Å². The summed E-state index contributed by atoms with van der Waals surface area (Å²) in [7, 11) is 0. The van der Waals surface area contributed by atoms with Crippen molar-refractivity contribution in [1.29, 1.82) is 0 Å². The molecule has 0 aromatic heterocycles. The zero-order chi connectivity index (χ0) is 12.8. The molecular weight excluding hydrogens is 222 g/mol. The van der Waals surface area contributed by atoms with Crippen LogP contribution in [0.3, 0.4) is 0 Å². The first-order valence-electron chi connectivity index (χ1n) is 5.52. The molecule has 2 unspecified atom stereocenters. The lowest BCUT2D eigenvalue weighted by Gasteiger charge is -2.34. The Balaban J connectivity index is 2.70. The number of carbonyl (C=O) groups is 1. The highest BCUT2D eigenvalue weighted by Crippen LogP contribution is 2.10. The van der Waals surface area contributed by atoms with Crippen molar-refractivity contribution in [2.75, 3.05) is 19.7 Å². The number of rotatable bonds is 3. The summed E-state index contributed by atoms with van der Waals surface area (Å²) in [5.74, 6) is 0. The van der Waals surface area contributed by atoms with Crippen molar-refractivity contribution in [3.8, 4) is 0 Å². The minimum atomic E-state index is -0.478. The maximum atomic E-state index is 11.8. The number of ether oxygens (including phenoxy) is 1. The van der Waals surface area contributed by atoms with E-state index in [9.17, 15) is 4.79 Å². The van der Waals surface area contributed by atoms with Crippen LogP contribution in [0.4, 0.5) is 4.79 Å². The van der Waals surface area contributed by atoms with Gasteiger partial charge in [-0.05, 0) is 13.8 Å². The maximum absolute atomic E-state index is 11.8. The van der Waals surface area contributed by atoms with E-state index in [4.69, 9.17) is 9.84 Å². The molecule has 2 N–H and O–H groups in total. The zero-order valence-electron chi connectivity index (χ0n) is 10.2. The standard InChI is InChI=1S/C11H19N3O3/c1-4-14(11(16)13-8(2)3)10-6-12-5-9(7-15)17-10/h4,9-10,12,15H,1,5-7H2,2-3H3. The average molecular weight is 241 g/mol. The summed E-state index contributed by atoms with van der Waals surface area (Å²) in [6.45, 7) is 8.05. The minimum Gasteiger partial charge on any atom is -0.394 e. The molecule has 1 heterocycles. The van der Waals surface area contributed by atoms with Gasteiger partial charge < -0.3 is 15.2 Å². The van der Waals surface area contributed by atoms with E-state index in [1.807, 2.05) is 0 Å². The molecule has 0 aromatic carbocycles.